The molecule has 2 aromatic rings. The van der Waals surface area contributed by atoms with Gasteiger partial charge in [0.05, 0.1) is 0 Å². The van der Waals surface area contributed by atoms with Crippen LogP contribution in [0.5, 0.6) is 5.75 Å². The van der Waals surface area contributed by atoms with Crippen LogP contribution in [0.15, 0.2) is 41.3 Å². The molecule has 3 atom stereocenters. The maximum absolute atomic E-state index is 12.0. The zero-order chi connectivity index (χ0) is 21.5. The molecule has 5 nitrogen and oxygen atoms in total. The van der Waals surface area contributed by atoms with Crippen molar-refractivity contribution in [1.82, 2.24) is 14.5 Å². The van der Waals surface area contributed by atoms with Gasteiger partial charge in [-0.2, -0.15) is 0 Å². The number of fused-ring (bicyclic) bond motifs is 1. The Balaban J connectivity index is 1.46. The molecule has 0 amide bonds. The van der Waals surface area contributed by atoms with Crippen LogP contribution in [0.25, 0.3) is 0 Å². The summed E-state index contributed by atoms with van der Waals surface area (Å²) in [6, 6.07) is 12.5. The molecule has 0 spiro atoms. The van der Waals surface area contributed by atoms with Crippen LogP contribution in [0.2, 0.25) is 5.02 Å². The fourth-order valence-electron chi connectivity index (χ4n) is 4.60. The van der Waals surface area contributed by atoms with Crippen LogP contribution in [0.1, 0.15) is 26.7 Å². The van der Waals surface area contributed by atoms with E-state index in [-0.39, 0.29) is 12.1 Å². The second kappa shape index (κ2) is 9.37. The van der Waals surface area contributed by atoms with Gasteiger partial charge in [0.1, 0.15) is 0 Å². The molecule has 0 saturated carbocycles. The normalized spacial score (nSPS) is 26.5. The van der Waals surface area contributed by atoms with Crippen LogP contribution in [0.4, 0.5) is 0 Å². The minimum absolute atomic E-state index is 0.0338. The second-order valence-electron chi connectivity index (χ2n) is 8.44. The summed E-state index contributed by atoms with van der Waals surface area (Å²) in [6.45, 7) is 4.26. The van der Waals surface area contributed by atoms with Gasteiger partial charge in [-0.25, -0.2) is 0 Å². The first-order valence-electron chi connectivity index (χ1n) is 10.7. The molecule has 168 valence electrons. The molecule has 2 fully saturated rings. The summed E-state index contributed by atoms with van der Waals surface area (Å²) in [7, 11) is 2.69. The van der Waals surface area contributed by atoms with Crippen molar-refractivity contribution >= 4 is 22.4 Å². The van der Waals surface area contributed by atoms with Crippen LogP contribution < -0.4 is 30.7 Å². The van der Waals surface area contributed by atoms with Gasteiger partial charge in [0, 0.05) is 0 Å². The summed E-state index contributed by atoms with van der Waals surface area (Å²) in [6.07, 6.45) is 0.901. The van der Waals surface area contributed by atoms with Crippen LogP contribution in [0, 0.1) is 0 Å². The van der Waals surface area contributed by atoms with Crippen molar-refractivity contribution < 1.29 is 30.0 Å². The van der Waals surface area contributed by atoms with Gasteiger partial charge in [-0.3, -0.25) is 0 Å². The maximum atomic E-state index is 12.0. The number of ether oxygens (including phenoxy) is 1. The van der Waals surface area contributed by atoms with Crippen molar-refractivity contribution in [1.29, 1.82) is 0 Å². The number of likely N-dealkylation sites (N-methyl/N-ethyl adjacent to an activating group) is 1. The predicted molar refractivity (Wildman–Crippen MR) is 121 cm³/mol. The van der Waals surface area contributed by atoms with Gasteiger partial charge in [-0.15, -0.1) is 0 Å². The molecule has 2 heterocycles. The van der Waals surface area contributed by atoms with Crippen LogP contribution >= 0.6 is 11.6 Å². The van der Waals surface area contributed by atoms with Crippen molar-refractivity contribution in [3.63, 3.8) is 0 Å². The molecule has 31 heavy (non-hydrogen) atoms. The molecular weight excluding hydrogens is 545 g/mol. The standard InChI is InChI=1S/C23H28ClIN3O2S/c1-26-31(29)17-5-3-16(4-6-17)30-23-19-11-15(21-14-25-21)12-20(24)18(19)13-22(23)28-9-7-27(2)8-10-28/h3-6,11-12,21-23,26H,7-10,13-14H2,1-2H3/q-1. The average molecular weight is 573 g/mol. The van der Waals surface area contributed by atoms with Gasteiger partial charge in [0.25, 0.3) is 0 Å². The fraction of sp³-hybridized carbons (Fsp3) is 0.478. The Kier molecular flexibility index (Phi) is 6.72. The SMILES string of the molecule is CN[S-](#[O+])c1ccc(OC2c3cc(C4C[I-]4)cc(Cl)c3CC2N2CCN(C)CC2)cc1. The number of rotatable bonds is 4. The van der Waals surface area contributed by atoms with Crippen LogP contribution in [-0.2, 0) is 21.3 Å². The van der Waals surface area contributed by atoms with Crippen molar-refractivity contribution in [2.24, 2.45) is 0 Å². The minimum atomic E-state index is -1.19. The molecule has 2 aromatic carbocycles. The van der Waals surface area contributed by atoms with Gasteiger partial charge in [-0.05, 0) is 0 Å². The number of hydrogen-bond donors (Lipinski definition) is 1. The van der Waals surface area contributed by atoms with Crippen molar-refractivity contribution in [2.45, 2.75) is 27.4 Å². The molecule has 1 aliphatic carbocycles. The first kappa shape index (κ1) is 22.3. The zero-order valence-electron chi connectivity index (χ0n) is 17.8. The number of hydrogen-bond acceptors (Lipinski definition) is 5. The van der Waals surface area contributed by atoms with E-state index >= 15 is 0 Å². The zero-order valence-corrected chi connectivity index (χ0v) is 21.5. The molecule has 2 aliphatic heterocycles. The van der Waals surface area contributed by atoms with E-state index in [0.717, 1.165) is 52.2 Å². The quantitative estimate of drug-likeness (QED) is 0.247. The van der Waals surface area contributed by atoms with Gasteiger partial charge in [0.2, 0.25) is 0 Å². The predicted octanol–water partition coefficient (Wildman–Crippen LogP) is 0.233. The molecule has 0 aromatic heterocycles. The molecule has 8 heteroatoms. The fourth-order valence-corrected chi connectivity index (χ4v) is 7.16. The monoisotopic (exact) mass is 572 g/mol. The molecule has 2 saturated heterocycles. The third-order valence-electron chi connectivity index (χ3n) is 6.49. The molecule has 5 rings (SSSR count). The summed E-state index contributed by atoms with van der Waals surface area (Å²) < 4.78 is 23.6. The molecular formula is C23H28ClIN3O2S-. The van der Waals surface area contributed by atoms with E-state index in [2.05, 4.69) is 33.7 Å². The van der Waals surface area contributed by atoms with Crippen molar-refractivity contribution in [2.75, 3.05) is 44.7 Å². The topological polar surface area (TPSA) is 47.6 Å². The third kappa shape index (κ3) is 4.74. The van der Waals surface area contributed by atoms with Crippen molar-refractivity contribution in [3.05, 3.63) is 58.1 Å². The van der Waals surface area contributed by atoms with E-state index in [0.29, 0.717) is 21.2 Å². The van der Waals surface area contributed by atoms with Crippen LogP contribution in [-0.4, -0.2) is 60.5 Å². The van der Waals surface area contributed by atoms with Gasteiger partial charge >= 0.3 is 203 Å². The summed E-state index contributed by atoms with van der Waals surface area (Å²) in [5, 5.41) is 0.911. The van der Waals surface area contributed by atoms with Crippen LogP contribution in [0.3, 0.4) is 0 Å². The Morgan fingerprint density at radius 3 is 2.52 bits per heavy atom. The number of alkyl halides is 2. The second-order valence-corrected chi connectivity index (χ2v) is 13.5. The Labute approximate surface area is 202 Å². The van der Waals surface area contributed by atoms with Gasteiger partial charge in [-0.1, -0.05) is 0 Å². The van der Waals surface area contributed by atoms with E-state index in [1.807, 2.05) is 24.3 Å². The summed E-state index contributed by atoms with van der Waals surface area (Å²) in [4.78, 5) is 5.71. The molecule has 3 aliphatic rings. The van der Waals surface area contributed by atoms with Crippen molar-refractivity contribution in [3.8, 4) is 5.75 Å². The Hall–Kier alpha value is -0.550. The average Bonchev–Trinajstić information content (AvgIpc) is 3.57. The van der Waals surface area contributed by atoms with E-state index in [9.17, 15) is 4.04 Å². The number of benzene rings is 2. The summed E-state index contributed by atoms with van der Waals surface area (Å²) >= 11 is 7.12. The molecule has 0 radical (unpaired) electrons. The number of nitrogens with one attached hydrogen (secondary N) is 1. The summed E-state index contributed by atoms with van der Waals surface area (Å²) in [5.41, 5.74) is 3.93. The number of halogens is 2. The summed E-state index contributed by atoms with van der Waals surface area (Å²) in [5.74, 6) is 0.814. The van der Waals surface area contributed by atoms with Gasteiger partial charge in [0.15, 0.2) is 0 Å². The molecule has 1 N–H and O–H groups in total. The molecule has 3 unspecified atom stereocenters. The first-order chi connectivity index (χ1) is 15.0. The van der Waals surface area contributed by atoms with E-state index in [1.54, 1.807) is 7.05 Å². The number of piperazine rings is 1. The Morgan fingerprint density at radius 2 is 1.87 bits per heavy atom. The van der Waals surface area contributed by atoms with E-state index in [4.69, 9.17) is 16.3 Å². The molecule has 0 bridgehead atoms. The Morgan fingerprint density at radius 1 is 1.16 bits per heavy atom. The van der Waals surface area contributed by atoms with E-state index in [1.165, 1.54) is 21.1 Å². The first-order valence-corrected chi connectivity index (χ1v) is 15.0. The van der Waals surface area contributed by atoms with Gasteiger partial charge < -0.3 is 0 Å². The Bertz CT molecular complexity index is 1030. The third-order valence-corrected chi connectivity index (χ3v) is 10.4. The number of nitrogens with zero attached hydrogens (tertiary/aromatic N) is 2. The van der Waals surface area contributed by atoms with E-state index < -0.39 is 10.8 Å².